The van der Waals surface area contributed by atoms with E-state index in [9.17, 15) is 0 Å². The highest BCUT2D eigenvalue weighted by Gasteiger charge is 2.25. The zero-order chi connectivity index (χ0) is 18.4. The molecule has 3 rings (SSSR count). The van der Waals surface area contributed by atoms with Crippen molar-refractivity contribution in [2.24, 2.45) is 10.9 Å². The Kier molecular flexibility index (Phi) is 9.31. The minimum Gasteiger partial charge on any atom is -0.381 e. The summed E-state index contributed by atoms with van der Waals surface area (Å²) in [6, 6.07) is 4.86. The van der Waals surface area contributed by atoms with Crippen molar-refractivity contribution in [1.82, 2.24) is 15.5 Å². The fraction of sp³-hybridized carbons (Fsp3) is 0.750. The Hall–Kier alpha value is -0.380. The van der Waals surface area contributed by atoms with Crippen LogP contribution in [0.3, 0.4) is 0 Å². The molecular formula is C20H35IN4OS. The summed E-state index contributed by atoms with van der Waals surface area (Å²) < 4.78 is 5.51. The fourth-order valence-electron chi connectivity index (χ4n) is 3.80. The number of likely N-dealkylation sites (tertiary alicyclic amines) is 1. The highest BCUT2D eigenvalue weighted by molar-refractivity contribution is 14.0. The minimum atomic E-state index is 0. The maximum absolute atomic E-state index is 5.51. The minimum absolute atomic E-state index is 0. The number of piperidine rings is 1. The molecule has 3 heterocycles. The topological polar surface area (TPSA) is 48.9 Å². The van der Waals surface area contributed by atoms with E-state index in [4.69, 9.17) is 4.74 Å². The second kappa shape index (κ2) is 11.0. The number of rotatable bonds is 6. The van der Waals surface area contributed by atoms with Gasteiger partial charge in [-0.3, -0.25) is 4.99 Å². The Bertz CT molecular complexity index is 565. The predicted octanol–water partition coefficient (Wildman–Crippen LogP) is 3.31. The molecule has 154 valence electrons. The maximum atomic E-state index is 5.51. The third-order valence-corrected chi connectivity index (χ3v) is 6.81. The molecule has 0 radical (unpaired) electrons. The monoisotopic (exact) mass is 506 g/mol. The molecule has 27 heavy (non-hydrogen) atoms. The van der Waals surface area contributed by atoms with Crippen LogP contribution in [-0.4, -0.2) is 63.3 Å². The molecule has 1 aromatic rings. The van der Waals surface area contributed by atoms with E-state index >= 15 is 0 Å². The van der Waals surface area contributed by atoms with E-state index in [1.54, 1.807) is 0 Å². The molecule has 2 aliphatic rings. The van der Waals surface area contributed by atoms with Crippen LogP contribution in [0.1, 0.15) is 38.0 Å². The Morgan fingerprint density at radius 1 is 1.33 bits per heavy atom. The number of ether oxygens (including phenoxy) is 1. The standard InChI is InChI=1S/C20H34N4OS.HI/c1-20(2,18-5-4-12-26-18)15-22-19(21-3)23-17-6-9-24(10-7-17)13-16-8-11-25-14-16;/h4-5,12,16-17H,6-11,13-15H2,1-3H3,(H2,21,22,23);1H. The van der Waals surface area contributed by atoms with Crippen molar-refractivity contribution in [2.75, 3.05) is 46.4 Å². The van der Waals surface area contributed by atoms with E-state index in [0.717, 1.165) is 31.6 Å². The number of nitrogens with one attached hydrogen (secondary N) is 2. The van der Waals surface area contributed by atoms with Crippen LogP contribution >= 0.6 is 35.3 Å². The second-order valence-corrected chi connectivity index (χ2v) is 9.18. The smallest absolute Gasteiger partial charge is 0.191 e. The van der Waals surface area contributed by atoms with Crippen LogP contribution in [0.15, 0.2) is 22.5 Å². The molecule has 0 aromatic carbocycles. The van der Waals surface area contributed by atoms with Crippen LogP contribution in [-0.2, 0) is 10.2 Å². The molecule has 7 heteroatoms. The van der Waals surface area contributed by atoms with Crippen molar-refractivity contribution in [1.29, 1.82) is 0 Å². The van der Waals surface area contributed by atoms with Gasteiger partial charge in [0.05, 0.1) is 6.61 Å². The quantitative estimate of drug-likeness (QED) is 0.353. The van der Waals surface area contributed by atoms with Crippen LogP contribution in [0.5, 0.6) is 0 Å². The lowest BCUT2D eigenvalue weighted by atomic mass is 9.91. The van der Waals surface area contributed by atoms with Crippen molar-refractivity contribution in [2.45, 2.75) is 44.6 Å². The Morgan fingerprint density at radius 2 is 2.11 bits per heavy atom. The van der Waals surface area contributed by atoms with Crippen molar-refractivity contribution in [3.8, 4) is 0 Å². The summed E-state index contributed by atoms with van der Waals surface area (Å²) in [5, 5.41) is 9.31. The van der Waals surface area contributed by atoms with Crippen LogP contribution < -0.4 is 10.6 Å². The Morgan fingerprint density at radius 3 is 2.70 bits per heavy atom. The lowest BCUT2D eigenvalue weighted by Crippen LogP contribution is -2.50. The first-order chi connectivity index (χ1) is 12.6. The van der Waals surface area contributed by atoms with Crippen LogP contribution in [0.25, 0.3) is 0 Å². The number of hydrogen-bond donors (Lipinski definition) is 2. The molecule has 5 nitrogen and oxygen atoms in total. The van der Waals surface area contributed by atoms with Gasteiger partial charge < -0.3 is 20.3 Å². The molecule has 0 amide bonds. The number of hydrogen-bond acceptors (Lipinski definition) is 4. The summed E-state index contributed by atoms with van der Waals surface area (Å²) in [4.78, 5) is 8.45. The van der Waals surface area contributed by atoms with Crippen molar-refractivity contribution in [3.05, 3.63) is 22.4 Å². The number of guanidine groups is 1. The fourth-order valence-corrected chi connectivity index (χ4v) is 4.65. The average molecular weight is 506 g/mol. The molecule has 1 aromatic heterocycles. The zero-order valence-electron chi connectivity index (χ0n) is 16.9. The number of nitrogens with zero attached hydrogens (tertiary/aromatic N) is 2. The number of halogens is 1. The van der Waals surface area contributed by atoms with Gasteiger partial charge in [0.1, 0.15) is 0 Å². The van der Waals surface area contributed by atoms with E-state index < -0.39 is 0 Å². The maximum Gasteiger partial charge on any atom is 0.191 e. The third-order valence-electron chi connectivity index (χ3n) is 5.58. The van der Waals surface area contributed by atoms with Gasteiger partial charge in [-0.25, -0.2) is 0 Å². The average Bonchev–Trinajstić information content (AvgIpc) is 3.34. The van der Waals surface area contributed by atoms with Gasteiger partial charge in [0.15, 0.2) is 5.96 Å². The van der Waals surface area contributed by atoms with Gasteiger partial charge in [-0.2, -0.15) is 0 Å². The Balaban J connectivity index is 0.00000261. The van der Waals surface area contributed by atoms with Crippen molar-refractivity contribution < 1.29 is 4.74 Å². The summed E-state index contributed by atoms with van der Waals surface area (Å²) in [6.45, 7) is 10.9. The van der Waals surface area contributed by atoms with Gasteiger partial charge in [-0.05, 0) is 36.6 Å². The molecule has 2 aliphatic heterocycles. The second-order valence-electron chi connectivity index (χ2n) is 8.24. The summed E-state index contributed by atoms with van der Waals surface area (Å²) in [6.07, 6.45) is 3.60. The normalized spacial score (nSPS) is 22.5. The van der Waals surface area contributed by atoms with Gasteiger partial charge in [-0.1, -0.05) is 19.9 Å². The van der Waals surface area contributed by atoms with Gasteiger partial charge in [0.2, 0.25) is 0 Å². The van der Waals surface area contributed by atoms with Gasteiger partial charge in [0, 0.05) is 56.2 Å². The van der Waals surface area contributed by atoms with E-state index in [1.807, 2.05) is 18.4 Å². The molecule has 1 atom stereocenters. The largest absolute Gasteiger partial charge is 0.381 e. The number of aliphatic imine (C=N–C) groups is 1. The van der Waals surface area contributed by atoms with Crippen molar-refractivity contribution >= 4 is 41.3 Å². The molecular weight excluding hydrogens is 471 g/mol. The van der Waals surface area contributed by atoms with Crippen LogP contribution in [0.2, 0.25) is 0 Å². The van der Waals surface area contributed by atoms with Crippen LogP contribution in [0.4, 0.5) is 0 Å². The lowest BCUT2D eigenvalue weighted by molar-refractivity contribution is 0.150. The summed E-state index contributed by atoms with van der Waals surface area (Å²) >= 11 is 1.82. The molecule has 2 N–H and O–H groups in total. The lowest BCUT2D eigenvalue weighted by Gasteiger charge is -2.34. The summed E-state index contributed by atoms with van der Waals surface area (Å²) in [5.41, 5.74) is 0.110. The van der Waals surface area contributed by atoms with Gasteiger partial charge in [-0.15, -0.1) is 35.3 Å². The number of thiophene rings is 1. The Labute approximate surface area is 185 Å². The first-order valence-corrected chi connectivity index (χ1v) is 10.8. The molecule has 0 saturated carbocycles. The predicted molar refractivity (Wildman–Crippen MR) is 126 cm³/mol. The van der Waals surface area contributed by atoms with E-state index in [0.29, 0.717) is 6.04 Å². The molecule has 0 spiro atoms. The molecule has 2 saturated heterocycles. The van der Waals surface area contributed by atoms with Crippen molar-refractivity contribution in [3.63, 3.8) is 0 Å². The third kappa shape index (κ3) is 6.87. The molecule has 1 unspecified atom stereocenters. The van der Waals surface area contributed by atoms with E-state index in [-0.39, 0.29) is 29.4 Å². The summed E-state index contributed by atoms with van der Waals surface area (Å²) in [5.74, 6) is 1.67. The first-order valence-electron chi connectivity index (χ1n) is 9.88. The summed E-state index contributed by atoms with van der Waals surface area (Å²) in [7, 11) is 1.86. The zero-order valence-corrected chi connectivity index (χ0v) is 20.0. The molecule has 2 fully saturated rings. The van der Waals surface area contributed by atoms with Crippen LogP contribution in [0, 0.1) is 5.92 Å². The van der Waals surface area contributed by atoms with E-state index in [2.05, 4.69) is 51.9 Å². The molecule has 0 aliphatic carbocycles. The van der Waals surface area contributed by atoms with Gasteiger partial charge >= 0.3 is 0 Å². The SMILES string of the molecule is CN=C(NCC(C)(C)c1cccs1)NC1CCN(CC2CCOC2)CC1.I. The van der Waals surface area contributed by atoms with Gasteiger partial charge in [0.25, 0.3) is 0 Å². The van der Waals surface area contributed by atoms with E-state index in [1.165, 1.54) is 43.8 Å². The highest BCUT2D eigenvalue weighted by atomic mass is 127. The molecule has 0 bridgehead atoms. The highest BCUT2D eigenvalue weighted by Crippen LogP contribution is 2.26. The first kappa shape index (κ1) is 22.9.